The molecule has 0 heterocycles. The lowest BCUT2D eigenvalue weighted by molar-refractivity contribution is -0.118. The van der Waals surface area contributed by atoms with Crippen LogP contribution in [0.25, 0.3) is 0 Å². The van der Waals surface area contributed by atoms with Gasteiger partial charge in [0.25, 0.3) is 0 Å². The average Bonchev–Trinajstić information content (AvgIpc) is 2.40. The fourth-order valence-electron chi connectivity index (χ4n) is 2.38. The summed E-state index contributed by atoms with van der Waals surface area (Å²) in [5.41, 5.74) is 3.55. The van der Waals surface area contributed by atoms with Crippen molar-refractivity contribution in [3.63, 3.8) is 0 Å². The summed E-state index contributed by atoms with van der Waals surface area (Å²) in [7, 11) is 0. The zero-order valence-electron chi connectivity index (χ0n) is 10.7. The highest BCUT2D eigenvalue weighted by molar-refractivity contribution is 5.94. The van der Waals surface area contributed by atoms with Crippen molar-refractivity contribution >= 4 is 11.6 Å². The molecule has 1 unspecified atom stereocenters. The van der Waals surface area contributed by atoms with E-state index in [1.807, 2.05) is 19.1 Å². The van der Waals surface area contributed by atoms with E-state index in [1.165, 1.54) is 24.0 Å². The second-order valence-electron chi connectivity index (χ2n) is 4.77. The van der Waals surface area contributed by atoms with Crippen molar-refractivity contribution in [1.82, 2.24) is 0 Å². The molecular formula is C15H18N2O. The minimum Gasteiger partial charge on any atom is -0.325 e. The largest absolute Gasteiger partial charge is 0.325 e. The third-order valence-electron chi connectivity index (χ3n) is 3.50. The summed E-state index contributed by atoms with van der Waals surface area (Å²) < 4.78 is 0. The van der Waals surface area contributed by atoms with E-state index in [0.29, 0.717) is 6.42 Å². The van der Waals surface area contributed by atoms with E-state index in [9.17, 15) is 4.79 Å². The summed E-state index contributed by atoms with van der Waals surface area (Å²) in [5.74, 6) is -0.753. The van der Waals surface area contributed by atoms with E-state index in [4.69, 9.17) is 5.26 Å². The first-order valence-electron chi connectivity index (χ1n) is 6.57. The Kier molecular flexibility index (Phi) is 3.99. The third-order valence-corrected chi connectivity index (χ3v) is 3.50. The summed E-state index contributed by atoms with van der Waals surface area (Å²) >= 11 is 0. The van der Waals surface area contributed by atoms with Gasteiger partial charge < -0.3 is 5.32 Å². The topological polar surface area (TPSA) is 52.9 Å². The van der Waals surface area contributed by atoms with Crippen LogP contribution in [0.5, 0.6) is 0 Å². The Morgan fingerprint density at radius 3 is 2.78 bits per heavy atom. The molecule has 1 aliphatic carbocycles. The molecule has 0 bridgehead atoms. The number of nitrogens with zero attached hydrogens (tertiary/aromatic N) is 1. The summed E-state index contributed by atoms with van der Waals surface area (Å²) in [6.45, 7) is 1.85. The highest BCUT2D eigenvalue weighted by atomic mass is 16.1. The SMILES string of the molecule is CCC(C#N)C(=O)Nc1ccc2c(c1)CCCC2. The van der Waals surface area contributed by atoms with E-state index in [1.54, 1.807) is 0 Å². The molecule has 1 N–H and O–H groups in total. The lowest BCUT2D eigenvalue weighted by Gasteiger charge is -2.17. The second-order valence-corrected chi connectivity index (χ2v) is 4.77. The number of hydrogen-bond donors (Lipinski definition) is 1. The second kappa shape index (κ2) is 5.68. The Balaban J connectivity index is 2.11. The molecule has 1 aromatic rings. The Morgan fingerprint density at radius 1 is 1.39 bits per heavy atom. The highest BCUT2D eigenvalue weighted by Gasteiger charge is 2.16. The number of nitrogens with one attached hydrogen (secondary N) is 1. The van der Waals surface area contributed by atoms with Gasteiger partial charge in [-0.25, -0.2) is 0 Å². The van der Waals surface area contributed by atoms with Crippen molar-refractivity contribution < 1.29 is 4.79 Å². The smallest absolute Gasteiger partial charge is 0.241 e. The monoisotopic (exact) mass is 242 g/mol. The molecule has 0 radical (unpaired) electrons. The van der Waals surface area contributed by atoms with Crippen LogP contribution in [0, 0.1) is 17.2 Å². The van der Waals surface area contributed by atoms with Crippen LogP contribution in [0.3, 0.4) is 0 Å². The molecular weight excluding hydrogens is 224 g/mol. The van der Waals surface area contributed by atoms with Gasteiger partial charge in [0.05, 0.1) is 6.07 Å². The number of benzene rings is 1. The summed E-state index contributed by atoms with van der Waals surface area (Å²) in [6, 6.07) is 8.11. The maximum absolute atomic E-state index is 11.8. The number of rotatable bonds is 3. The Hall–Kier alpha value is -1.82. The summed E-state index contributed by atoms with van der Waals surface area (Å²) in [4.78, 5) is 11.8. The molecule has 0 fully saturated rings. The van der Waals surface area contributed by atoms with Crippen molar-refractivity contribution in [2.45, 2.75) is 39.0 Å². The fourth-order valence-corrected chi connectivity index (χ4v) is 2.38. The molecule has 0 aliphatic heterocycles. The number of anilines is 1. The van der Waals surface area contributed by atoms with Crippen LogP contribution in [0.15, 0.2) is 18.2 Å². The first kappa shape index (κ1) is 12.6. The normalized spacial score (nSPS) is 15.3. The minimum absolute atomic E-state index is 0.198. The maximum Gasteiger partial charge on any atom is 0.241 e. The molecule has 18 heavy (non-hydrogen) atoms. The van der Waals surface area contributed by atoms with Crippen molar-refractivity contribution in [2.24, 2.45) is 5.92 Å². The van der Waals surface area contributed by atoms with Crippen LogP contribution >= 0.6 is 0 Å². The van der Waals surface area contributed by atoms with Crippen LogP contribution in [-0.2, 0) is 17.6 Å². The zero-order chi connectivity index (χ0) is 13.0. The highest BCUT2D eigenvalue weighted by Crippen LogP contribution is 2.24. The van der Waals surface area contributed by atoms with E-state index in [2.05, 4.69) is 17.4 Å². The van der Waals surface area contributed by atoms with Crippen molar-refractivity contribution in [3.8, 4) is 6.07 Å². The Bertz CT molecular complexity index is 488. The van der Waals surface area contributed by atoms with E-state index in [-0.39, 0.29) is 5.91 Å². The summed E-state index contributed by atoms with van der Waals surface area (Å²) in [6.07, 6.45) is 5.26. The molecule has 1 aromatic carbocycles. The molecule has 0 saturated carbocycles. The van der Waals surface area contributed by atoms with Crippen LogP contribution in [0.4, 0.5) is 5.69 Å². The molecule has 1 amide bonds. The van der Waals surface area contributed by atoms with Crippen LogP contribution in [0.2, 0.25) is 0 Å². The number of fused-ring (bicyclic) bond motifs is 1. The first-order chi connectivity index (χ1) is 8.74. The van der Waals surface area contributed by atoms with Gasteiger partial charge in [-0.3, -0.25) is 4.79 Å². The van der Waals surface area contributed by atoms with Gasteiger partial charge in [-0.05, 0) is 55.4 Å². The van der Waals surface area contributed by atoms with E-state index >= 15 is 0 Å². The van der Waals surface area contributed by atoms with Gasteiger partial charge in [-0.2, -0.15) is 5.26 Å². The molecule has 94 valence electrons. The zero-order valence-corrected chi connectivity index (χ0v) is 10.7. The predicted molar refractivity (Wildman–Crippen MR) is 71.1 cm³/mol. The van der Waals surface area contributed by atoms with Crippen LogP contribution in [0.1, 0.15) is 37.3 Å². The molecule has 0 aromatic heterocycles. The van der Waals surface area contributed by atoms with Crippen LogP contribution < -0.4 is 5.32 Å². The van der Waals surface area contributed by atoms with Gasteiger partial charge in [0.1, 0.15) is 5.92 Å². The number of nitriles is 1. The maximum atomic E-state index is 11.8. The van der Waals surface area contributed by atoms with Gasteiger partial charge in [-0.15, -0.1) is 0 Å². The fraction of sp³-hybridized carbons (Fsp3) is 0.467. The van der Waals surface area contributed by atoms with Crippen LogP contribution in [-0.4, -0.2) is 5.91 Å². The number of hydrogen-bond acceptors (Lipinski definition) is 2. The van der Waals surface area contributed by atoms with Crippen molar-refractivity contribution in [2.75, 3.05) is 5.32 Å². The van der Waals surface area contributed by atoms with Crippen molar-refractivity contribution in [1.29, 1.82) is 5.26 Å². The molecule has 1 aliphatic rings. The number of aryl methyl sites for hydroxylation is 2. The molecule has 0 saturated heterocycles. The van der Waals surface area contributed by atoms with Crippen molar-refractivity contribution in [3.05, 3.63) is 29.3 Å². The Labute approximate surface area is 108 Å². The number of amides is 1. The molecule has 3 nitrogen and oxygen atoms in total. The standard InChI is InChI=1S/C15H18N2O/c1-2-11(10-16)15(18)17-14-8-7-12-5-3-4-6-13(12)9-14/h7-9,11H,2-6H2,1H3,(H,17,18). The van der Waals surface area contributed by atoms with E-state index in [0.717, 1.165) is 18.5 Å². The molecule has 3 heteroatoms. The lowest BCUT2D eigenvalue weighted by atomic mass is 9.91. The van der Waals surface area contributed by atoms with Gasteiger partial charge in [0.15, 0.2) is 0 Å². The predicted octanol–water partition coefficient (Wildman–Crippen LogP) is 3.05. The third kappa shape index (κ3) is 2.70. The Morgan fingerprint density at radius 2 is 2.11 bits per heavy atom. The number of carbonyl (C=O) groups excluding carboxylic acids is 1. The molecule has 2 rings (SSSR count). The summed E-state index contributed by atoms with van der Waals surface area (Å²) in [5, 5.41) is 11.7. The van der Waals surface area contributed by atoms with E-state index < -0.39 is 5.92 Å². The number of carbonyl (C=O) groups is 1. The molecule has 0 spiro atoms. The minimum atomic E-state index is -0.555. The van der Waals surface area contributed by atoms with Gasteiger partial charge in [-0.1, -0.05) is 13.0 Å². The van der Waals surface area contributed by atoms with Gasteiger partial charge in [0.2, 0.25) is 5.91 Å². The quantitative estimate of drug-likeness (QED) is 0.885. The first-order valence-corrected chi connectivity index (χ1v) is 6.57. The average molecular weight is 242 g/mol. The lowest BCUT2D eigenvalue weighted by Crippen LogP contribution is -2.21. The van der Waals surface area contributed by atoms with Gasteiger partial charge in [0, 0.05) is 5.69 Å². The van der Waals surface area contributed by atoms with Gasteiger partial charge >= 0.3 is 0 Å². The molecule has 1 atom stereocenters.